The molecular formula is C23H26Cl2N6O. The summed E-state index contributed by atoms with van der Waals surface area (Å²) < 4.78 is 3.67. The molecular weight excluding hydrogens is 447 g/mol. The molecule has 0 bridgehead atoms. The first-order chi connectivity index (χ1) is 15.3. The van der Waals surface area contributed by atoms with E-state index in [0.29, 0.717) is 27.9 Å². The van der Waals surface area contributed by atoms with Gasteiger partial charge in [0.2, 0.25) is 0 Å². The van der Waals surface area contributed by atoms with Crippen molar-refractivity contribution in [1.82, 2.24) is 19.3 Å². The van der Waals surface area contributed by atoms with E-state index < -0.39 is 0 Å². The summed E-state index contributed by atoms with van der Waals surface area (Å²) in [5, 5.41) is 5.41. The van der Waals surface area contributed by atoms with Gasteiger partial charge in [-0.05, 0) is 44.9 Å². The van der Waals surface area contributed by atoms with Crippen molar-refractivity contribution in [2.45, 2.75) is 45.7 Å². The normalized spacial score (nSPS) is 22.3. The molecule has 168 valence electrons. The van der Waals surface area contributed by atoms with Crippen molar-refractivity contribution in [3.8, 4) is 0 Å². The fourth-order valence-corrected chi connectivity index (χ4v) is 5.56. The number of aryl methyl sites for hydroxylation is 1. The smallest absolute Gasteiger partial charge is 0.262 e. The van der Waals surface area contributed by atoms with Gasteiger partial charge in [-0.2, -0.15) is 5.10 Å². The minimum atomic E-state index is -0.0763. The lowest BCUT2D eigenvalue weighted by Gasteiger charge is -2.42. The fourth-order valence-electron chi connectivity index (χ4n) is 5.22. The Bertz CT molecular complexity index is 1230. The van der Waals surface area contributed by atoms with E-state index in [2.05, 4.69) is 10.00 Å². The second kappa shape index (κ2) is 7.90. The van der Waals surface area contributed by atoms with Gasteiger partial charge in [0.05, 0.1) is 22.3 Å². The number of piperidine rings is 1. The summed E-state index contributed by atoms with van der Waals surface area (Å²) in [6.45, 7) is 6.18. The molecule has 1 atom stereocenters. The Labute approximate surface area is 196 Å². The third kappa shape index (κ3) is 3.34. The number of nitrogens with two attached hydrogens (primary N) is 1. The number of allylic oxidation sites excluding steroid dienone is 6. The number of aromatic nitrogens is 4. The predicted octanol–water partition coefficient (Wildman–Crippen LogP) is 3.85. The molecule has 1 spiro atoms. The van der Waals surface area contributed by atoms with Crippen LogP contribution in [0.4, 0.5) is 5.82 Å². The van der Waals surface area contributed by atoms with E-state index in [1.165, 1.54) is 0 Å². The average molecular weight is 473 g/mol. The molecule has 2 aromatic rings. The molecule has 4 heterocycles. The van der Waals surface area contributed by atoms with Crippen LogP contribution in [0.1, 0.15) is 42.4 Å². The summed E-state index contributed by atoms with van der Waals surface area (Å²) in [5.74, 6) is 1.39. The summed E-state index contributed by atoms with van der Waals surface area (Å²) in [6, 6.07) is 2.02. The highest BCUT2D eigenvalue weighted by Crippen LogP contribution is 2.48. The lowest BCUT2D eigenvalue weighted by molar-refractivity contribution is 0.170. The summed E-state index contributed by atoms with van der Waals surface area (Å²) >= 11 is 12.5. The number of fused-ring (bicyclic) bond motifs is 1. The average Bonchev–Trinajstić information content (AvgIpc) is 3.27. The second-order valence-corrected chi connectivity index (χ2v) is 9.80. The molecule has 2 N–H and O–H groups in total. The molecule has 5 rings (SSSR count). The number of hydrogen-bond acceptors (Lipinski definition) is 5. The number of rotatable bonds is 2. The van der Waals surface area contributed by atoms with Crippen LogP contribution in [-0.4, -0.2) is 32.4 Å². The lowest BCUT2D eigenvalue weighted by atomic mass is 9.73. The molecule has 1 saturated heterocycles. The van der Waals surface area contributed by atoms with E-state index in [0.717, 1.165) is 49.7 Å². The first-order valence-electron chi connectivity index (χ1n) is 10.8. The zero-order valence-electron chi connectivity index (χ0n) is 18.2. The van der Waals surface area contributed by atoms with Crippen LogP contribution in [-0.2, 0) is 6.54 Å². The van der Waals surface area contributed by atoms with E-state index in [9.17, 15) is 4.79 Å². The van der Waals surface area contributed by atoms with Gasteiger partial charge in [-0.1, -0.05) is 29.3 Å². The Morgan fingerprint density at radius 3 is 2.69 bits per heavy atom. The van der Waals surface area contributed by atoms with E-state index >= 15 is 0 Å². The topological polar surface area (TPSA) is 82.0 Å². The summed E-state index contributed by atoms with van der Waals surface area (Å²) in [6.07, 6.45) is 9.48. The van der Waals surface area contributed by atoms with Crippen molar-refractivity contribution < 1.29 is 0 Å². The van der Waals surface area contributed by atoms with Crippen LogP contribution in [0.3, 0.4) is 0 Å². The van der Waals surface area contributed by atoms with Crippen LogP contribution in [0.2, 0.25) is 0 Å². The lowest BCUT2D eigenvalue weighted by Crippen LogP contribution is -2.45. The largest absolute Gasteiger partial charge is 0.356 e. The molecule has 9 heteroatoms. The molecule has 2 aliphatic heterocycles. The molecule has 3 aliphatic rings. The van der Waals surface area contributed by atoms with Crippen molar-refractivity contribution in [1.29, 1.82) is 0 Å². The van der Waals surface area contributed by atoms with Gasteiger partial charge in [0.15, 0.2) is 0 Å². The standard InChI is InChI=1S/C23H26Cl2N6O/c1-14-21(28-15(2)31(22(14)32)16-4-3-5-17(24)18(25)12-16)29-10-7-23(8-11-29)13-30-19(20(23)26)6-9-27-30/h3-6,9,20H,7-8,10-13,26H2,1-2H3/t20-/m1/s1. The number of nitrogens with zero attached hydrogens (tertiary/aromatic N) is 5. The maximum absolute atomic E-state index is 13.4. The molecule has 32 heavy (non-hydrogen) atoms. The van der Waals surface area contributed by atoms with Gasteiger partial charge in [-0.3, -0.25) is 14.0 Å². The van der Waals surface area contributed by atoms with Gasteiger partial charge in [0.25, 0.3) is 5.56 Å². The van der Waals surface area contributed by atoms with E-state index in [4.69, 9.17) is 33.9 Å². The van der Waals surface area contributed by atoms with Gasteiger partial charge >= 0.3 is 0 Å². The van der Waals surface area contributed by atoms with Crippen LogP contribution in [0.5, 0.6) is 0 Å². The van der Waals surface area contributed by atoms with E-state index in [1.807, 2.05) is 42.9 Å². The van der Waals surface area contributed by atoms with Crippen LogP contribution >= 0.6 is 23.2 Å². The fraction of sp³-hybridized carbons (Fsp3) is 0.435. The summed E-state index contributed by atoms with van der Waals surface area (Å²) in [7, 11) is 0. The van der Waals surface area contributed by atoms with Gasteiger partial charge in [-0.15, -0.1) is 0 Å². The van der Waals surface area contributed by atoms with Crippen molar-refractivity contribution in [2.24, 2.45) is 11.1 Å². The first-order valence-corrected chi connectivity index (χ1v) is 11.6. The molecule has 0 radical (unpaired) electrons. The highest BCUT2D eigenvalue weighted by Gasteiger charge is 2.47. The van der Waals surface area contributed by atoms with Crippen LogP contribution in [0, 0.1) is 19.3 Å². The zero-order valence-corrected chi connectivity index (χ0v) is 19.7. The third-order valence-corrected chi connectivity index (χ3v) is 7.90. The number of hydrogen-bond donors (Lipinski definition) is 1. The summed E-state index contributed by atoms with van der Waals surface area (Å²) in [5.41, 5.74) is 9.07. The maximum Gasteiger partial charge on any atom is 0.262 e. The van der Waals surface area contributed by atoms with Gasteiger partial charge in [0.1, 0.15) is 11.6 Å². The predicted molar refractivity (Wildman–Crippen MR) is 128 cm³/mol. The van der Waals surface area contributed by atoms with Gasteiger partial charge < -0.3 is 10.6 Å². The van der Waals surface area contributed by atoms with Crippen LogP contribution in [0.15, 0.2) is 45.4 Å². The SMILES string of the molecule is Cc1c(N2CCC3(CC2)Cn2nccc2[C@H]3N)nc(C)n(C2=CC=CC(Cl)=C(Cl)C2)c1=O. The van der Waals surface area contributed by atoms with E-state index in [-0.39, 0.29) is 17.0 Å². The molecule has 7 nitrogen and oxygen atoms in total. The second-order valence-electron chi connectivity index (χ2n) is 8.94. The van der Waals surface area contributed by atoms with Gasteiger partial charge in [-0.25, -0.2) is 4.98 Å². The van der Waals surface area contributed by atoms with Crippen LogP contribution in [0.25, 0.3) is 5.70 Å². The Hall–Kier alpha value is -2.35. The molecule has 1 fully saturated rings. The van der Waals surface area contributed by atoms with Gasteiger partial charge in [0, 0.05) is 48.4 Å². The minimum Gasteiger partial charge on any atom is -0.356 e. The highest BCUT2D eigenvalue weighted by atomic mass is 35.5. The summed E-state index contributed by atoms with van der Waals surface area (Å²) in [4.78, 5) is 20.5. The monoisotopic (exact) mass is 472 g/mol. The highest BCUT2D eigenvalue weighted by molar-refractivity contribution is 6.40. The Balaban J connectivity index is 1.41. The Morgan fingerprint density at radius 2 is 1.97 bits per heavy atom. The number of halogens is 2. The maximum atomic E-state index is 13.4. The molecule has 0 saturated carbocycles. The number of anilines is 1. The van der Waals surface area contributed by atoms with Crippen molar-refractivity contribution >= 4 is 34.7 Å². The zero-order chi connectivity index (χ0) is 22.6. The first kappa shape index (κ1) is 21.5. The molecule has 0 aromatic carbocycles. The van der Waals surface area contributed by atoms with Crippen LogP contribution < -0.4 is 16.2 Å². The molecule has 2 aromatic heterocycles. The van der Waals surface area contributed by atoms with Crippen molar-refractivity contribution in [2.75, 3.05) is 18.0 Å². The van der Waals surface area contributed by atoms with Crippen molar-refractivity contribution in [3.63, 3.8) is 0 Å². The molecule has 0 unspecified atom stereocenters. The molecule has 0 amide bonds. The minimum absolute atomic E-state index is 0.00389. The molecule has 1 aliphatic carbocycles. The third-order valence-electron chi connectivity index (χ3n) is 7.12. The van der Waals surface area contributed by atoms with E-state index in [1.54, 1.807) is 10.6 Å². The Kier molecular flexibility index (Phi) is 5.31. The Morgan fingerprint density at radius 1 is 1.22 bits per heavy atom. The van der Waals surface area contributed by atoms with Crippen molar-refractivity contribution in [3.05, 3.63) is 68.0 Å². The quantitative estimate of drug-likeness (QED) is 0.717.